The van der Waals surface area contributed by atoms with Gasteiger partial charge in [-0.2, -0.15) is 0 Å². The van der Waals surface area contributed by atoms with E-state index in [1.54, 1.807) is 6.92 Å². The van der Waals surface area contributed by atoms with Crippen molar-refractivity contribution < 1.29 is 23.8 Å². The summed E-state index contributed by atoms with van der Waals surface area (Å²) in [5.41, 5.74) is 7.45. The molecule has 4 aromatic rings. The fraction of sp³-hybridized carbons (Fsp3) is 0.158. The molecule has 0 aliphatic heterocycles. The molecular weight excluding hydrogens is 550 g/mol. The SMILES string of the molecule is C=CC(=O)OC(COC(=O)C(=C)C)COc1ccc(/C=C\c2ccccc2)c(N(c2ccc(C)cc2)c2ccc(C)cc2)c1. The third-order valence-corrected chi connectivity index (χ3v) is 6.72. The molecule has 0 radical (unpaired) electrons. The molecular formula is C38H37NO5. The van der Waals surface area contributed by atoms with Crippen LogP contribution in [-0.2, 0) is 19.1 Å². The van der Waals surface area contributed by atoms with Gasteiger partial charge in [-0.1, -0.05) is 91.0 Å². The van der Waals surface area contributed by atoms with E-state index in [4.69, 9.17) is 14.2 Å². The lowest BCUT2D eigenvalue weighted by Gasteiger charge is -2.28. The molecule has 1 atom stereocenters. The van der Waals surface area contributed by atoms with Crippen molar-refractivity contribution in [2.75, 3.05) is 18.1 Å². The van der Waals surface area contributed by atoms with Crippen LogP contribution in [0.4, 0.5) is 17.1 Å². The molecule has 0 saturated heterocycles. The van der Waals surface area contributed by atoms with Crippen molar-refractivity contribution in [1.82, 2.24) is 0 Å². The molecule has 4 rings (SSSR count). The highest BCUT2D eigenvalue weighted by molar-refractivity contribution is 5.87. The zero-order valence-corrected chi connectivity index (χ0v) is 25.4. The normalized spacial score (nSPS) is 11.4. The Balaban J connectivity index is 1.73. The van der Waals surface area contributed by atoms with Crippen LogP contribution in [0.15, 0.2) is 122 Å². The van der Waals surface area contributed by atoms with Gasteiger partial charge in [-0.3, -0.25) is 0 Å². The molecule has 0 heterocycles. The van der Waals surface area contributed by atoms with Crippen LogP contribution < -0.4 is 9.64 Å². The quantitative estimate of drug-likeness (QED) is 0.0887. The number of esters is 2. The summed E-state index contributed by atoms with van der Waals surface area (Å²) in [4.78, 5) is 26.1. The molecule has 0 aliphatic carbocycles. The van der Waals surface area contributed by atoms with E-state index >= 15 is 0 Å². The average Bonchev–Trinajstić information content (AvgIpc) is 3.03. The molecule has 0 aromatic heterocycles. The van der Waals surface area contributed by atoms with E-state index < -0.39 is 18.0 Å². The van der Waals surface area contributed by atoms with Gasteiger partial charge in [0.05, 0.1) is 5.69 Å². The van der Waals surface area contributed by atoms with Crippen molar-refractivity contribution in [3.63, 3.8) is 0 Å². The molecule has 0 spiro atoms. The molecule has 1 unspecified atom stereocenters. The predicted octanol–water partition coefficient (Wildman–Crippen LogP) is 8.54. The number of carbonyl (C=O) groups excluding carboxylic acids is 2. The summed E-state index contributed by atoms with van der Waals surface area (Å²) < 4.78 is 16.8. The monoisotopic (exact) mass is 587 g/mol. The molecule has 0 N–H and O–H groups in total. The fourth-order valence-corrected chi connectivity index (χ4v) is 4.32. The standard InChI is InChI=1S/C38H37NO5/c1-6-37(40)44-35(26-43-38(41)27(2)3)25-42-34-23-18-31(17-16-30-10-8-7-9-11-30)36(24-34)39(32-19-12-28(4)13-20-32)33-21-14-29(5)15-22-33/h6-24,35H,1-2,25-26H2,3-5H3/b17-16-. The topological polar surface area (TPSA) is 65.1 Å². The van der Waals surface area contributed by atoms with Crippen molar-refractivity contribution >= 4 is 41.2 Å². The van der Waals surface area contributed by atoms with Gasteiger partial charge in [0.15, 0.2) is 6.10 Å². The first-order valence-electron chi connectivity index (χ1n) is 14.3. The molecule has 0 saturated carbocycles. The van der Waals surface area contributed by atoms with Crippen molar-refractivity contribution in [3.8, 4) is 5.75 Å². The molecule has 4 aromatic carbocycles. The van der Waals surface area contributed by atoms with Gasteiger partial charge in [-0.15, -0.1) is 0 Å². The summed E-state index contributed by atoms with van der Waals surface area (Å²) >= 11 is 0. The molecule has 44 heavy (non-hydrogen) atoms. The minimum atomic E-state index is -0.852. The maximum Gasteiger partial charge on any atom is 0.333 e. The third-order valence-electron chi connectivity index (χ3n) is 6.72. The Bertz CT molecular complexity index is 1580. The van der Waals surface area contributed by atoms with E-state index in [-0.39, 0.29) is 18.8 Å². The second kappa shape index (κ2) is 15.2. The Morgan fingerprint density at radius 3 is 2.00 bits per heavy atom. The second-order valence-corrected chi connectivity index (χ2v) is 10.4. The Kier molecular flexibility index (Phi) is 10.9. The number of benzene rings is 4. The number of carbonyl (C=O) groups is 2. The summed E-state index contributed by atoms with van der Waals surface area (Å²) in [6.45, 7) is 12.5. The molecule has 6 nitrogen and oxygen atoms in total. The lowest BCUT2D eigenvalue weighted by atomic mass is 10.1. The lowest BCUT2D eigenvalue weighted by Crippen LogP contribution is -2.30. The summed E-state index contributed by atoms with van der Waals surface area (Å²) in [7, 11) is 0. The first-order valence-corrected chi connectivity index (χ1v) is 14.3. The second-order valence-electron chi connectivity index (χ2n) is 10.4. The Morgan fingerprint density at radius 1 is 0.818 bits per heavy atom. The average molecular weight is 588 g/mol. The lowest BCUT2D eigenvalue weighted by molar-refractivity contribution is -0.154. The summed E-state index contributed by atoms with van der Waals surface area (Å²) in [6.07, 6.45) is 4.36. The van der Waals surface area contributed by atoms with Gasteiger partial charge < -0.3 is 19.1 Å². The largest absolute Gasteiger partial charge is 0.490 e. The van der Waals surface area contributed by atoms with E-state index in [0.29, 0.717) is 5.75 Å². The van der Waals surface area contributed by atoms with E-state index in [0.717, 1.165) is 45.4 Å². The summed E-state index contributed by atoms with van der Waals surface area (Å²) in [5.74, 6) is -0.669. The van der Waals surface area contributed by atoms with Crippen LogP contribution in [0.1, 0.15) is 29.2 Å². The van der Waals surface area contributed by atoms with E-state index in [1.807, 2.05) is 36.4 Å². The summed E-state index contributed by atoms with van der Waals surface area (Å²) in [5, 5.41) is 0. The molecule has 6 heteroatoms. The number of nitrogens with zero attached hydrogens (tertiary/aromatic N) is 1. The minimum absolute atomic E-state index is 0.0449. The van der Waals surface area contributed by atoms with Gasteiger partial charge in [0.2, 0.25) is 0 Å². The first kappa shape index (κ1) is 31.6. The smallest absolute Gasteiger partial charge is 0.333 e. The number of hydrogen-bond acceptors (Lipinski definition) is 6. The maximum absolute atomic E-state index is 12.0. The number of rotatable bonds is 13. The zero-order chi connectivity index (χ0) is 31.5. The van der Waals surface area contributed by atoms with Crippen LogP contribution in [-0.4, -0.2) is 31.3 Å². The number of anilines is 3. The highest BCUT2D eigenvalue weighted by Crippen LogP contribution is 2.39. The van der Waals surface area contributed by atoms with Crippen LogP contribution >= 0.6 is 0 Å². The zero-order valence-electron chi connectivity index (χ0n) is 25.4. The van der Waals surface area contributed by atoms with Crippen LogP contribution in [0.2, 0.25) is 0 Å². The molecule has 0 bridgehead atoms. The third kappa shape index (κ3) is 8.82. The fourth-order valence-electron chi connectivity index (χ4n) is 4.32. The Morgan fingerprint density at radius 2 is 1.43 bits per heavy atom. The predicted molar refractivity (Wildman–Crippen MR) is 177 cm³/mol. The van der Waals surface area contributed by atoms with Crippen molar-refractivity contribution in [2.24, 2.45) is 0 Å². The molecule has 0 aliphatic rings. The van der Waals surface area contributed by atoms with E-state index in [9.17, 15) is 9.59 Å². The molecule has 0 fully saturated rings. The Hall–Kier alpha value is -5.36. The maximum atomic E-state index is 12.0. The van der Waals surface area contributed by atoms with Crippen molar-refractivity contribution in [1.29, 1.82) is 0 Å². The highest BCUT2D eigenvalue weighted by Gasteiger charge is 2.20. The summed E-state index contributed by atoms with van der Waals surface area (Å²) in [6, 6.07) is 32.6. The van der Waals surface area contributed by atoms with Gasteiger partial charge in [-0.05, 0) is 68.3 Å². The molecule has 224 valence electrons. The molecule has 0 amide bonds. The van der Waals surface area contributed by atoms with E-state index in [2.05, 4.69) is 105 Å². The van der Waals surface area contributed by atoms with Gasteiger partial charge in [-0.25, -0.2) is 9.59 Å². The van der Waals surface area contributed by atoms with Gasteiger partial charge >= 0.3 is 11.9 Å². The van der Waals surface area contributed by atoms with Crippen molar-refractivity contribution in [2.45, 2.75) is 26.9 Å². The van der Waals surface area contributed by atoms with Crippen LogP contribution in [0.25, 0.3) is 12.2 Å². The number of ether oxygens (including phenoxy) is 3. The van der Waals surface area contributed by atoms with Gasteiger partial charge in [0.25, 0.3) is 0 Å². The van der Waals surface area contributed by atoms with Gasteiger partial charge in [0, 0.05) is 29.1 Å². The number of aryl methyl sites for hydroxylation is 2. The van der Waals surface area contributed by atoms with E-state index in [1.165, 1.54) is 0 Å². The minimum Gasteiger partial charge on any atom is -0.490 e. The van der Waals surface area contributed by atoms with Crippen molar-refractivity contribution in [3.05, 3.63) is 144 Å². The first-order chi connectivity index (χ1) is 21.2. The Labute approximate surface area is 259 Å². The highest BCUT2D eigenvalue weighted by atomic mass is 16.6. The number of hydrogen-bond donors (Lipinski definition) is 0. The van der Waals surface area contributed by atoms with Crippen LogP contribution in [0.3, 0.4) is 0 Å². The van der Waals surface area contributed by atoms with Crippen LogP contribution in [0, 0.1) is 13.8 Å². The van der Waals surface area contributed by atoms with Gasteiger partial charge in [0.1, 0.15) is 19.0 Å². The van der Waals surface area contributed by atoms with Crippen LogP contribution in [0.5, 0.6) is 5.75 Å².